The van der Waals surface area contributed by atoms with Crippen molar-refractivity contribution < 1.29 is 14.5 Å². The van der Waals surface area contributed by atoms with Crippen LogP contribution in [0.3, 0.4) is 0 Å². The highest BCUT2D eigenvalue weighted by Gasteiger charge is 2.14. The van der Waals surface area contributed by atoms with Crippen LogP contribution in [0.25, 0.3) is 6.08 Å². The number of nitrogens with zero attached hydrogens (tertiary/aromatic N) is 2. The van der Waals surface area contributed by atoms with Gasteiger partial charge in [0.15, 0.2) is 0 Å². The highest BCUT2D eigenvalue weighted by atomic mass is 79.9. The van der Waals surface area contributed by atoms with E-state index >= 15 is 0 Å². The van der Waals surface area contributed by atoms with Crippen molar-refractivity contribution in [3.05, 3.63) is 66.1 Å². The molecule has 0 radical (unpaired) electrons. The number of nitro benzene ring substituents is 1. The fourth-order valence-corrected chi connectivity index (χ4v) is 3.81. The smallest absolute Gasteiger partial charge is 0.269 e. The second-order valence-corrected chi connectivity index (χ2v) is 7.11. The van der Waals surface area contributed by atoms with Crippen molar-refractivity contribution in [1.29, 1.82) is 5.26 Å². The number of benzene rings is 2. The quantitative estimate of drug-likeness (QED) is 0.273. The fraction of sp³-hybridized carbons (Fsp3) is 0.111. The highest BCUT2D eigenvalue weighted by Crippen LogP contribution is 2.35. The van der Waals surface area contributed by atoms with Gasteiger partial charge in [-0.3, -0.25) is 14.9 Å². The van der Waals surface area contributed by atoms with E-state index in [-0.39, 0.29) is 11.3 Å². The van der Waals surface area contributed by atoms with Crippen LogP contribution in [0.4, 0.5) is 11.4 Å². The maximum absolute atomic E-state index is 12.4. The number of nitriles is 1. The molecule has 1 amide bonds. The predicted octanol–water partition coefficient (Wildman–Crippen LogP) is 4.98. The van der Waals surface area contributed by atoms with E-state index in [0.717, 1.165) is 0 Å². The number of aryl methyl sites for hydroxylation is 1. The van der Waals surface area contributed by atoms with Gasteiger partial charge in [-0.05, 0) is 74.2 Å². The second-order valence-electron chi connectivity index (χ2n) is 5.40. The lowest BCUT2D eigenvalue weighted by Gasteiger charge is -2.09. The van der Waals surface area contributed by atoms with Crippen molar-refractivity contribution in [3.8, 4) is 11.8 Å². The molecular weight excluding hydrogens is 482 g/mol. The van der Waals surface area contributed by atoms with E-state index in [1.807, 2.05) is 6.07 Å². The Labute approximate surface area is 172 Å². The number of nitrogens with one attached hydrogen (secondary N) is 1. The van der Waals surface area contributed by atoms with Gasteiger partial charge in [-0.25, -0.2) is 0 Å². The molecular formula is C18H13Br2N3O4. The first-order chi connectivity index (χ1) is 12.8. The number of non-ortho nitro benzene ring substituents is 1. The Morgan fingerprint density at radius 2 is 1.93 bits per heavy atom. The zero-order valence-corrected chi connectivity index (χ0v) is 17.4. The zero-order chi connectivity index (χ0) is 20.1. The van der Waals surface area contributed by atoms with E-state index in [2.05, 4.69) is 37.2 Å². The number of hydrogen-bond acceptors (Lipinski definition) is 5. The second kappa shape index (κ2) is 8.79. The van der Waals surface area contributed by atoms with Crippen molar-refractivity contribution in [2.24, 2.45) is 0 Å². The van der Waals surface area contributed by atoms with E-state index in [9.17, 15) is 20.2 Å². The molecule has 0 atom stereocenters. The molecule has 0 fully saturated rings. The van der Waals surface area contributed by atoms with Gasteiger partial charge in [-0.15, -0.1) is 0 Å². The van der Waals surface area contributed by atoms with Crippen molar-refractivity contribution in [1.82, 2.24) is 0 Å². The van der Waals surface area contributed by atoms with Gasteiger partial charge in [0.2, 0.25) is 0 Å². The first-order valence-corrected chi connectivity index (χ1v) is 9.06. The summed E-state index contributed by atoms with van der Waals surface area (Å²) in [5.74, 6) is -0.0193. The molecule has 2 rings (SSSR count). The third kappa shape index (κ3) is 4.93. The van der Waals surface area contributed by atoms with Crippen LogP contribution in [0.5, 0.6) is 5.75 Å². The lowest BCUT2D eigenvalue weighted by Crippen LogP contribution is -2.14. The molecule has 1 N–H and O–H groups in total. The summed E-state index contributed by atoms with van der Waals surface area (Å²) in [6.07, 6.45) is 1.44. The lowest BCUT2D eigenvalue weighted by molar-refractivity contribution is -0.384. The fourth-order valence-electron chi connectivity index (χ4n) is 2.26. The Hall–Kier alpha value is -2.70. The molecule has 27 heavy (non-hydrogen) atoms. The molecule has 2 aromatic carbocycles. The van der Waals surface area contributed by atoms with E-state index in [4.69, 9.17) is 4.74 Å². The van der Waals surface area contributed by atoms with Crippen LogP contribution in [0.2, 0.25) is 0 Å². The first-order valence-electron chi connectivity index (χ1n) is 7.48. The molecule has 0 aromatic heterocycles. The van der Waals surface area contributed by atoms with Gasteiger partial charge in [0.1, 0.15) is 17.4 Å². The first kappa shape index (κ1) is 20.6. The Kier molecular flexibility index (Phi) is 6.71. The van der Waals surface area contributed by atoms with Crippen molar-refractivity contribution in [2.45, 2.75) is 6.92 Å². The van der Waals surface area contributed by atoms with Gasteiger partial charge >= 0.3 is 0 Å². The number of carbonyl (C=O) groups excluding carboxylic acids is 1. The molecule has 0 spiro atoms. The van der Waals surface area contributed by atoms with Crippen LogP contribution in [-0.4, -0.2) is 17.9 Å². The zero-order valence-electron chi connectivity index (χ0n) is 14.2. The van der Waals surface area contributed by atoms with Crippen LogP contribution in [0.15, 0.2) is 44.9 Å². The molecule has 9 heteroatoms. The van der Waals surface area contributed by atoms with Gasteiger partial charge in [-0.2, -0.15) is 5.26 Å². The van der Waals surface area contributed by atoms with Gasteiger partial charge < -0.3 is 10.1 Å². The van der Waals surface area contributed by atoms with Crippen LogP contribution in [0.1, 0.15) is 11.1 Å². The molecule has 7 nitrogen and oxygen atoms in total. The third-order valence-corrected chi connectivity index (χ3v) is 4.75. The van der Waals surface area contributed by atoms with Crippen LogP contribution < -0.4 is 10.1 Å². The summed E-state index contributed by atoms with van der Waals surface area (Å²) in [5.41, 5.74) is 1.33. The topological polar surface area (TPSA) is 105 Å². The summed E-state index contributed by atoms with van der Waals surface area (Å²) >= 11 is 6.73. The molecule has 0 saturated heterocycles. The summed E-state index contributed by atoms with van der Waals surface area (Å²) in [6, 6.07) is 9.36. The van der Waals surface area contributed by atoms with Crippen molar-refractivity contribution in [3.63, 3.8) is 0 Å². The number of amides is 1. The Bertz CT molecular complexity index is 974. The van der Waals surface area contributed by atoms with E-state index < -0.39 is 10.8 Å². The average molecular weight is 495 g/mol. The minimum Gasteiger partial charge on any atom is -0.494 e. The van der Waals surface area contributed by atoms with Gasteiger partial charge in [-0.1, -0.05) is 0 Å². The summed E-state index contributed by atoms with van der Waals surface area (Å²) in [4.78, 5) is 22.7. The van der Waals surface area contributed by atoms with E-state index in [1.165, 1.54) is 31.4 Å². The van der Waals surface area contributed by atoms with Crippen LogP contribution >= 0.6 is 31.9 Å². The predicted molar refractivity (Wildman–Crippen MR) is 108 cm³/mol. The maximum Gasteiger partial charge on any atom is 0.269 e. The van der Waals surface area contributed by atoms with Crippen LogP contribution in [0, 0.1) is 28.4 Å². The molecule has 138 valence electrons. The third-order valence-electron chi connectivity index (χ3n) is 3.57. The van der Waals surface area contributed by atoms with Crippen molar-refractivity contribution >= 4 is 55.2 Å². The molecule has 0 bridgehead atoms. The number of methoxy groups -OCH3 is 1. The van der Waals surface area contributed by atoms with Gasteiger partial charge in [0, 0.05) is 17.8 Å². The molecule has 2 aromatic rings. The number of halogens is 2. The molecule has 0 unspecified atom stereocenters. The van der Waals surface area contributed by atoms with Gasteiger partial charge in [0.05, 0.1) is 21.0 Å². The number of hydrogen-bond donors (Lipinski definition) is 1. The Balaban J connectivity index is 2.30. The van der Waals surface area contributed by atoms with Gasteiger partial charge in [0.25, 0.3) is 11.6 Å². The SMILES string of the molecule is COc1c(Br)cc(/C=C(\C#N)C(=O)Nc2ccc([N+](=O)[O-])cc2C)cc1Br. The summed E-state index contributed by atoms with van der Waals surface area (Å²) in [6.45, 7) is 1.63. The molecule has 0 saturated carbocycles. The Morgan fingerprint density at radius 3 is 2.41 bits per heavy atom. The standard InChI is InChI=1S/C18H13Br2N3O4/c1-10-5-13(23(25)26)3-4-16(10)22-18(24)12(9-21)6-11-7-14(19)17(27-2)15(20)8-11/h3-8H,1-2H3,(H,22,24)/b12-6+. The summed E-state index contributed by atoms with van der Waals surface area (Å²) < 4.78 is 6.54. The molecule has 0 heterocycles. The van der Waals surface area contributed by atoms with Crippen molar-refractivity contribution in [2.75, 3.05) is 12.4 Å². The number of rotatable bonds is 5. The van der Waals surface area contributed by atoms with Crippen LogP contribution in [-0.2, 0) is 4.79 Å². The number of nitro groups is 1. The normalized spacial score (nSPS) is 10.9. The summed E-state index contributed by atoms with van der Waals surface area (Å²) in [5, 5.41) is 22.7. The number of ether oxygens (including phenoxy) is 1. The molecule has 0 aliphatic rings. The molecule has 0 aliphatic heterocycles. The molecule has 0 aliphatic carbocycles. The lowest BCUT2D eigenvalue weighted by atomic mass is 10.1. The monoisotopic (exact) mass is 493 g/mol. The van der Waals surface area contributed by atoms with E-state index in [1.54, 1.807) is 19.1 Å². The average Bonchev–Trinajstić information content (AvgIpc) is 2.60. The number of anilines is 1. The minimum atomic E-state index is -0.613. The number of carbonyl (C=O) groups is 1. The Morgan fingerprint density at radius 1 is 1.30 bits per heavy atom. The largest absolute Gasteiger partial charge is 0.494 e. The minimum absolute atomic E-state index is 0.0746. The van der Waals surface area contributed by atoms with E-state index in [0.29, 0.717) is 31.5 Å². The summed E-state index contributed by atoms with van der Waals surface area (Å²) in [7, 11) is 1.53. The maximum atomic E-state index is 12.4. The highest BCUT2D eigenvalue weighted by molar-refractivity contribution is 9.11.